The molecule has 3 saturated heterocycles. The summed E-state index contributed by atoms with van der Waals surface area (Å²) in [4.78, 5) is 29.5. The Morgan fingerprint density at radius 1 is 1.10 bits per heavy atom. The molecule has 5 atom stereocenters. The molecule has 8 nitrogen and oxygen atoms in total. The Balaban J connectivity index is 1.39. The lowest BCUT2D eigenvalue weighted by molar-refractivity contribution is 0.0833. The van der Waals surface area contributed by atoms with Crippen molar-refractivity contribution in [2.45, 2.75) is 62.8 Å². The maximum Gasteiger partial charge on any atom is 0.320 e. The van der Waals surface area contributed by atoms with Gasteiger partial charge >= 0.3 is 6.01 Å². The Bertz CT molecular complexity index is 1360. The highest BCUT2D eigenvalue weighted by atomic mass is 32.1. The highest BCUT2D eigenvalue weighted by Gasteiger charge is 2.44. The van der Waals surface area contributed by atoms with Gasteiger partial charge in [0.1, 0.15) is 21.6 Å². The molecule has 7 rings (SSSR count). The number of rotatable bonds is 7. The van der Waals surface area contributed by atoms with Gasteiger partial charge in [0.15, 0.2) is 0 Å². The second-order valence-electron chi connectivity index (χ2n) is 12.0. The van der Waals surface area contributed by atoms with Gasteiger partial charge in [-0.25, -0.2) is 0 Å². The van der Waals surface area contributed by atoms with Crippen molar-refractivity contribution in [3.8, 4) is 17.1 Å². The Kier molecular flexibility index (Phi) is 6.48. The summed E-state index contributed by atoms with van der Waals surface area (Å²) in [6, 6.07) is 12.0. The molecule has 5 heterocycles. The van der Waals surface area contributed by atoms with E-state index in [0.29, 0.717) is 40.8 Å². The minimum absolute atomic E-state index is 0.00813. The first-order valence-electron chi connectivity index (χ1n) is 14.3. The smallest absolute Gasteiger partial charge is 0.320 e. The van der Waals surface area contributed by atoms with Crippen LogP contribution in [0.15, 0.2) is 30.3 Å². The highest BCUT2D eigenvalue weighted by molar-refractivity contribution is 7.21. The van der Waals surface area contributed by atoms with Crippen molar-refractivity contribution in [1.29, 1.82) is 0 Å². The average molecular weight is 548 g/mol. The van der Waals surface area contributed by atoms with Crippen LogP contribution in [0.2, 0.25) is 0 Å². The fraction of sp³-hybridized carbons (Fsp3) is 0.567. The topological polar surface area (TPSA) is 79.8 Å². The Morgan fingerprint density at radius 2 is 1.87 bits per heavy atom. The molecule has 39 heavy (non-hydrogen) atoms. The number of benzene rings is 1. The van der Waals surface area contributed by atoms with E-state index in [4.69, 9.17) is 19.4 Å². The molecule has 206 valence electrons. The quantitative estimate of drug-likeness (QED) is 0.464. The molecule has 4 bridgehead atoms. The summed E-state index contributed by atoms with van der Waals surface area (Å²) in [7, 11) is 5.43. The van der Waals surface area contributed by atoms with Gasteiger partial charge in [-0.2, -0.15) is 9.97 Å². The first kappa shape index (κ1) is 25.2. The number of anilines is 1. The summed E-state index contributed by atoms with van der Waals surface area (Å²) in [6.07, 6.45) is 6.80. The third kappa shape index (κ3) is 4.39. The largest absolute Gasteiger partial charge is 0.460 e. The summed E-state index contributed by atoms with van der Waals surface area (Å²) in [6.45, 7) is 1.81. The van der Waals surface area contributed by atoms with Crippen LogP contribution < -0.4 is 15.0 Å². The molecular formula is C30H37N5O3S. The molecule has 9 heteroatoms. The second-order valence-corrected chi connectivity index (χ2v) is 13.0. The number of hydrogen-bond acceptors (Lipinski definition) is 8. The van der Waals surface area contributed by atoms with E-state index in [0.717, 1.165) is 78.8 Å². The number of aromatic nitrogens is 2. The van der Waals surface area contributed by atoms with Crippen molar-refractivity contribution < 1.29 is 14.3 Å². The fourth-order valence-corrected chi connectivity index (χ4v) is 8.71. The molecule has 1 N–H and O–H groups in total. The van der Waals surface area contributed by atoms with Crippen LogP contribution >= 0.6 is 11.3 Å². The van der Waals surface area contributed by atoms with Crippen LogP contribution in [0, 0.1) is 11.8 Å². The Morgan fingerprint density at radius 3 is 2.51 bits per heavy atom. The summed E-state index contributed by atoms with van der Waals surface area (Å²) >= 11 is 1.47. The molecule has 4 fully saturated rings. The fourth-order valence-electron chi connectivity index (χ4n) is 7.51. The SMILES string of the molecule is COCC1CC2CCC(C1)N2c1nc(OC2CC3CC2CN3)nc2sc(C(=O)N(C)C)c(-c3ccccc3)c12. The number of methoxy groups -OCH3 is 1. The molecule has 2 aromatic heterocycles. The number of nitrogens with one attached hydrogen (secondary N) is 1. The van der Waals surface area contributed by atoms with Crippen LogP contribution in [0.3, 0.4) is 0 Å². The van der Waals surface area contributed by atoms with Gasteiger partial charge in [-0.15, -0.1) is 11.3 Å². The van der Waals surface area contributed by atoms with E-state index in [1.54, 1.807) is 12.0 Å². The number of hydrogen-bond donors (Lipinski definition) is 1. The van der Waals surface area contributed by atoms with Gasteiger partial charge in [-0.3, -0.25) is 4.79 Å². The summed E-state index contributed by atoms with van der Waals surface area (Å²) in [5.41, 5.74) is 1.96. The second kappa shape index (κ2) is 10.0. The van der Waals surface area contributed by atoms with Gasteiger partial charge in [-0.05, 0) is 43.6 Å². The summed E-state index contributed by atoms with van der Waals surface area (Å²) in [5, 5.41) is 4.56. The average Bonchev–Trinajstić information content (AvgIpc) is 3.70. The molecular weight excluding hydrogens is 510 g/mol. The van der Waals surface area contributed by atoms with Gasteiger partial charge in [0.25, 0.3) is 5.91 Å². The van der Waals surface area contributed by atoms with E-state index in [2.05, 4.69) is 22.3 Å². The normalized spacial score (nSPS) is 29.4. The van der Waals surface area contributed by atoms with Crippen molar-refractivity contribution >= 4 is 33.3 Å². The van der Waals surface area contributed by atoms with E-state index >= 15 is 0 Å². The number of carbonyl (C=O) groups excluding carboxylic acids is 1. The maximum atomic E-state index is 13.5. The van der Waals surface area contributed by atoms with Crippen LogP contribution in [0.4, 0.5) is 5.82 Å². The van der Waals surface area contributed by atoms with Gasteiger partial charge < -0.3 is 24.6 Å². The lowest BCUT2D eigenvalue weighted by Crippen LogP contribution is -2.44. The van der Waals surface area contributed by atoms with Gasteiger partial charge in [-0.1, -0.05) is 30.3 Å². The number of fused-ring (bicyclic) bond motifs is 5. The van der Waals surface area contributed by atoms with Crippen molar-refractivity contribution in [2.75, 3.05) is 39.3 Å². The van der Waals surface area contributed by atoms with Gasteiger partial charge in [0, 0.05) is 70.4 Å². The molecule has 1 amide bonds. The molecule has 0 spiro atoms. The molecule has 3 aliphatic heterocycles. The molecule has 3 aromatic rings. The van der Waals surface area contributed by atoms with E-state index in [1.807, 2.05) is 32.3 Å². The maximum absolute atomic E-state index is 13.5. The standard InChI is InChI=1S/C30H37N5O3S/c1-34(2)29(36)26-24(18-7-5-4-6-8-18)25-27(35-21-9-10-22(35)12-17(11-21)16-37-3)32-30(33-28(25)39-26)38-23-14-20-13-19(23)15-31-20/h4-8,17,19-23,31H,9-16H2,1-3H3. The van der Waals surface area contributed by atoms with Crippen LogP contribution in [0.5, 0.6) is 6.01 Å². The predicted molar refractivity (Wildman–Crippen MR) is 154 cm³/mol. The molecule has 5 unspecified atom stereocenters. The zero-order valence-corrected chi connectivity index (χ0v) is 23.7. The van der Waals surface area contributed by atoms with Gasteiger partial charge in [0.05, 0.1) is 5.39 Å². The first-order valence-corrected chi connectivity index (χ1v) is 15.1. The third-order valence-corrected chi connectivity index (χ3v) is 10.3. The number of carbonyl (C=O) groups is 1. The minimum Gasteiger partial charge on any atom is -0.460 e. The van der Waals surface area contributed by atoms with Crippen LogP contribution in [-0.2, 0) is 4.74 Å². The number of amides is 1. The van der Waals surface area contributed by atoms with Crippen LogP contribution in [0.25, 0.3) is 21.3 Å². The molecule has 1 aromatic carbocycles. The van der Waals surface area contributed by atoms with Crippen LogP contribution in [-0.4, -0.2) is 79.4 Å². The predicted octanol–water partition coefficient (Wildman–Crippen LogP) is 4.58. The zero-order valence-electron chi connectivity index (χ0n) is 22.9. The molecule has 1 saturated carbocycles. The van der Waals surface area contributed by atoms with E-state index in [1.165, 1.54) is 11.3 Å². The third-order valence-electron chi connectivity index (χ3n) is 9.21. The number of ether oxygens (including phenoxy) is 2. The van der Waals surface area contributed by atoms with E-state index < -0.39 is 0 Å². The van der Waals surface area contributed by atoms with Crippen molar-refractivity contribution in [1.82, 2.24) is 20.2 Å². The summed E-state index contributed by atoms with van der Waals surface area (Å²) < 4.78 is 12.1. The van der Waals surface area contributed by atoms with Crippen LogP contribution in [0.1, 0.15) is 48.2 Å². The lowest BCUT2D eigenvalue weighted by Gasteiger charge is -2.40. The highest BCUT2D eigenvalue weighted by Crippen LogP contribution is 2.49. The molecule has 1 aliphatic carbocycles. The molecule has 4 aliphatic rings. The first-order chi connectivity index (χ1) is 19.0. The molecule has 0 radical (unpaired) electrons. The van der Waals surface area contributed by atoms with E-state index in [9.17, 15) is 4.79 Å². The minimum atomic E-state index is -0.00813. The summed E-state index contributed by atoms with van der Waals surface area (Å²) in [5.74, 6) is 2.01. The van der Waals surface area contributed by atoms with E-state index in [-0.39, 0.29) is 12.0 Å². The van der Waals surface area contributed by atoms with Crippen molar-refractivity contribution in [3.05, 3.63) is 35.2 Å². The lowest BCUT2D eigenvalue weighted by atomic mass is 9.91. The Hall–Kier alpha value is -2.75. The number of piperidine rings is 2. The zero-order chi connectivity index (χ0) is 26.7. The number of nitrogens with zero attached hydrogens (tertiary/aromatic N) is 4. The van der Waals surface area contributed by atoms with Crippen molar-refractivity contribution in [3.63, 3.8) is 0 Å². The monoisotopic (exact) mass is 547 g/mol. The number of thiophene rings is 1. The van der Waals surface area contributed by atoms with Crippen molar-refractivity contribution in [2.24, 2.45) is 11.8 Å². The van der Waals surface area contributed by atoms with Gasteiger partial charge in [0.2, 0.25) is 0 Å². The Labute approximate surface area is 233 Å².